The Kier molecular flexibility index (Phi) is 6.82. The molecule has 0 aliphatic carbocycles. The SMILES string of the molecule is CCN(CC)[C@@H](CNC(=O)CN1CCS(=O)(=O)CC1)c1ccco1. The third-order valence-corrected chi connectivity index (χ3v) is 6.03. The van der Waals surface area contributed by atoms with Crippen molar-refractivity contribution in [3.8, 4) is 0 Å². The van der Waals surface area contributed by atoms with Crippen LogP contribution in [0.2, 0.25) is 0 Å². The van der Waals surface area contributed by atoms with E-state index in [-0.39, 0.29) is 30.0 Å². The molecule has 7 nitrogen and oxygen atoms in total. The normalized spacial score (nSPS) is 19.3. The summed E-state index contributed by atoms with van der Waals surface area (Å²) in [4.78, 5) is 16.3. The second-order valence-corrected chi connectivity index (χ2v) is 8.29. The molecule has 0 saturated carbocycles. The molecule has 8 heteroatoms. The number of likely N-dealkylation sites (N-methyl/N-ethyl adjacent to an activating group) is 1. The van der Waals surface area contributed by atoms with Crippen LogP contribution in [0.3, 0.4) is 0 Å². The van der Waals surface area contributed by atoms with Gasteiger partial charge in [0.2, 0.25) is 5.91 Å². The van der Waals surface area contributed by atoms with Gasteiger partial charge >= 0.3 is 0 Å². The molecule has 2 rings (SSSR count). The molecule has 24 heavy (non-hydrogen) atoms. The first-order valence-electron chi connectivity index (χ1n) is 8.42. The molecule has 136 valence electrons. The molecule has 1 N–H and O–H groups in total. The quantitative estimate of drug-likeness (QED) is 0.730. The molecular formula is C16H27N3O4S. The van der Waals surface area contributed by atoms with Crippen molar-refractivity contribution in [2.24, 2.45) is 0 Å². The summed E-state index contributed by atoms with van der Waals surface area (Å²) in [5.41, 5.74) is 0. The first-order valence-corrected chi connectivity index (χ1v) is 10.2. The van der Waals surface area contributed by atoms with E-state index in [1.807, 2.05) is 17.0 Å². The summed E-state index contributed by atoms with van der Waals surface area (Å²) in [6.07, 6.45) is 1.64. The van der Waals surface area contributed by atoms with E-state index in [0.717, 1.165) is 18.8 Å². The summed E-state index contributed by atoms with van der Waals surface area (Å²) in [6.45, 7) is 7.44. The van der Waals surface area contributed by atoms with Gasteiger partial charge in [-0.3, -0.25) is 14.6 Å². The molecule has 0 unspecified atom stereocenters. The zero-order chi connectivity index (χ0) is 17.6. The van der Waals surface area contributed by atoms with Crippen LogP contribution in [0.4, 0.5) is 0 Å². The Morgan fingerprint density at radius 1 is 1.33 bits per heavy atom. The Hall–Kier alpha value is -1.38. The van der Waals surface area contributed by atoms with Crippen LogP contribution in [0, 0.1) is 0 Å². The van der Waals surface area contributed by atoms with Gasteiger partial charge in [0.1, 0.15) is 5.76 Å². The van der Waals surface area contributed by atoms with Gasteiger partial charge in [0, 0.05) is 19.6 Å². The summed E-state index contributed by atoms with van der Waals surface area (Å²) in [6, 6.07) is 3.77. The van der Waals surface area contributed by atoms with Crippen LogP contribution >= 0.6 is 0 Å². The maximum Gasteiger partial charge on any atom is 0.234 e. The van der Waals surface area contributed by atoms with Crippen LogP contribution in [0.25, 0.3) is 0 Å². The average molecular weight is 357 g/mol. The second-order valence-electron chi connectivity index (χ2n) is 5.98. The highest BCUT2D eigenvalue weighted by Gasteiger charge is 2.24. The lowest BCUT2D eigenvalue weighted by molar-refractivity contribution is -0.122. The lowest BCUT2D eigenvalue weighted by Crippen LogP contribution is -2.46. The standard InChI is InChI=1S/C16H27N3O4S/c1-3-19(4-2)14(15-6-5-9-23-15)12-17-16(20)13-18-7-10-24(21,22)11-8-18/h5-6,9,14H,3-4,7-8,10-13H2,1-2H3,(H,17,20)/t14-/m0/s1. The minimum absolute atomic E-state index is 0.000633. The number of furan rings is 1. The van der Waals surface area contributed by atoms with Crippen molar-refractivity contribution in [2.45, 2.75) is 19.9 Å². The number of hydrogen-bond donors (Lipinski definition) is 1. The van der Waals surface area contributed by atoms with E-state index in [9.17, 15) is 13.2 Å². The Labute approximate surface area is 143 Å². The number of carbonyl (C=O) groups is 1. The lowest BCUT2D eigenvalue weighted by Gasteiger charge is -2.29. The third kappa shape index (κ3) is 5.32. The molecule has 1 aromatic rings. The van der Waals surface area contributed by atoms with Crippen molar-refractivity contribution in [1.82, 2.24) is 15.1 Å². The smallest absolute Gasteiger partial charge is 0.234 e. The topological polar surface area (TPSA) is 82.9 Å². The van der Waals surface area contributed by atoms with Crippen molar-refractivity contribution < 1.29 is 17.6 Å². The molecule has 1 saturated heterocycles. The number of amides is 1. The van der Waals surface area contributed by atoms with Gasteiger partial charge < -0.3 is 9.73 Å². The van der Waals surface area contributed by atoms with Gasteiger partial charge in [-0.2, -0.15) is 0 Å². The van der Waals surface area contributed by atoms with E-state index in [2.05, 4.69) is 24.1 Å². The molecule has 0 radical (unpaired) electrons. The van der Waals surface area contributed by atoms with Crippen LogP contribution in [0.15, 0.2) is 22.8 Å². The van der Waals surface area contributed by atoms with Crippen molar-refractivity contribution in [3.63, 3.8) is 0 Å². The molecule has 0 bridgehead atoms. The fraction of sp³-hybridized carbons (Fsp3) is 0.688. The summed E-state index contributed by atoms with van der Waals surface area (Å²) in [7, 11) is -2.92. The number of hydrogen-bond acceptors (Lipinski definition) is 6. The highest BCUT2D eigenvalue weighted by atomic mass is 32.2. The molecule has 0 spiro atoms. The van der Waals surface area contributed by atoms with E-state index in [1.165, 1.54) is 0 Å². The van der Waals surface area contributed by atoms with Crippen molar-refractivity contribution in [3.05, 3.63) is 24.2 Å². The molecule has 0 aromatic carbocycles. The molecule has 1 atom stereocenters. The molecule has 1 aliphatic heterocycles. The fourth-order valence-electron chi connectivity index (χ4n) is 2.93. The van der Waals surface area contributed by atoms with Gasteiger partial charge in [-0.1, -0.05) is 13.8 Å². The maximum atomic E-state index is 12.2. The molecule has 1 amide bonds. The van der Waals surface area contributed by atoms with Crippen molar-refractivity contribution >= 4 is 15.7 Å². The summed E-state index contributed by atoms with van der Waals surface area (Å²) < 4.78 is 28.4. The first kappa shape index (κ1) is 19.0. The third-order valence-electron chi connectivity index (χ3n) is 4.42. The highest BCUT2D eigenvalue weighted by Crippen LogP contribution is 2.20. The number of nitrogens with one attached hydrogen (secondary N) is 1. The number of carbonyl (C=O) groups excluding carboxylic acids is 1. The Bertz CT molecular complexity index is 597. The van der Waals surface area contributed by atoms with E-state index in [4.69, 9.17) is 4.42 Å². The average Bonchev–Trinajstić information content (AvgIpc) is 3.07. The van der Waals surface area contributed by atoms with Gasteiger partial charge in [-0.15, -0.1) is 0 Å². The summed E-state index contributed by atoms with van der Waals surface area (Å²) in [5.74, 6) is 1.02. The van der Waals surface area contributed by atoms with Crippen molar-refractivity contribution in [2.75, 3.05) is 50.8 Å². The van der Waals surface area contributed by atoms with Crippen LogP contribution in [-0.4, -0.2) is 74.9 Å². The van der Waals surface area contributed by atoms with Gasteiger partial charge in [0.05, 0.1) is 30.4 Å². The largest absolute Gasteiger partial charge is 0.468 e. The van der Waals surface area contributed by atoms with E-state index >= 15 is 0 Å². The Morgan fingerprint density at radius 3 is 2.54 bits per heavy atom. The lowest BCUT2D eigenvalue weighted by atomic mass is 10.2. The van der Waals surface area contributed by atoms with E-state index in [0.29, 0.717) is 19.6 Å². The predicted molar refractivity (Wildman–Crippen MR) is 92.5 cm³/mol. The Morgan fingerprint density at radius 2 is 2.00 bits per heavy atom. The zero-order valence-electron chi connectivity index (χ0n) is 14.4. The molecular weight excluding hydrogens is 330 g/mol. The monoisotopic (exact) mass is 357 g/mol. The number of rotatable bonds is 8. The maximum absolute atomic E-state index is 12.2. The van der Waals surface area contributed by atoms with Crippen LogP contribution in [-0.2, 0) is 14.6 Å². The van der Waals surface area contributed by atoms with Crippen LogP contribution in [0.1, 0.15) is 25.6 Å². The minimum atomic E-state index is -2.92. The van der Waals surface area contributed by atoms with Gasteiger partial charge in [-0.25, -0.2) is 8.42 Å². The van der Waals surface area contributed by atoms with E-state index in [1.54, 1.807) is 6.26 Å². The molecule has 2 heterocycles. The predicted octanol–water partition coefficient (Wildman–Crippen LogP) is 0.509. The number of nitrogens with zero attached hydrogens (tertiary/aromatic N) is 2. The minimum Gasteiger partial charge on any atom is -0.468 e. The van der Waals surface area contributed by atoms with Gasteiger partial charge in [-0.05, 0) is 25.2 Å². The molecule has 1 aromatic heterocycles. The second kappa shape index (κ2) is 8.64. The van der Waals surface area contributed by atoms with Gasteiger partial charge in [0.25, 0.3) is 0 Å². The molecule has 1 fully saturated rings. The fourth-order valence-corrected chi connectivity index (χ4v) is 4.21. The van der Waals surface area contributed by atoms with E-state index < -0.39 is 9.84 Å². The van der Waals surface area contributed by atoms with Crippen LogP contribution in [0.5, 0.6) is 0 Å². The summed E-state index contributed by atoms with van der Waals surface area (Å²) >= 11 is 0. The molecule has 1 aliphatic rings. The zero-order valence-corrected chi connectivity index (χ0v) is 15.2. The summed E-state index contributed by atoms with van der Waals surface area (Å²) in [5, 5.41) is 2.96. The Balaban J connectivity index is 1.86. The first-order chi connectivity index (χ1) is 11.4. The van der Waals surface area contributed by atoms with Crippen molar-refractivity contribution in [1.29, 1.82) is 0 Å². The number of sulfone groups is 1. The van der Waals surface area contributed by atoms with Crippen LogP contribution < -0.4 is 5.32 Å². The van der Waals surface area contributed by atoms with Gasteiger partial charge in [0.15, 0.2) is 9.84 Å². The highest BCUT2D eigenvalue weighted by molar-refractivity contribution is 7.91.